The van der Waals surface area contributed by atoms with Crippen LogP contribution in [0.25, 0.3) is 11.1 Å². The number of rotatable bonds is 11. The van der Waals surface area contributed by atoms with E-state index in [0.717, 1.165) is 21.7 Å². The summed E-state index contributed by atoms with van der Waals surface area (Å²) in [6.07, 6.45) is 0. The summed E-state index contributed by atoms with van der Waals surface area (Å²) in [4.78, 5) is 0. The maximum absolute atomic E-state index is 7.26. The Morgan fingerprint density at radius 3 is 0.857 bits per heavy atom. The molecule has 10 rings (SSSR count). The molecule has 6 nitrogen and oxygen atoms in total. The summed E-state index contributed by atoms with van der Waals surface area (Å²) in [7, 11) is -2.72. The first-order valence-electron chi connectivity index (χ1n) is 23.9. The predicted octanol–water partition coefficient (Wildman–Crippen LogP) is 13.9. The van der Waals surface area contributed by atoms with Crippen LogP contribution in [-0.2, 0) is 0 Å². The number of fused-ring (bicyclic) bond motifs is 2. The highest BCUT2D eigenvalue weighted by Crippen LogP contribution is 2.61. The van der Waals surface area contributed by atoms with Crippen molar-refractivity contribution in [1.82, 2.24) is 0 Å². The Hall–Kier alpha value is -6.58. The van der Waals surface area contributed by atoms with E-state index in [-0.39, 0.29) is 0 Å². The Morgan fingerprint density at radius 2 is 0.586 bits per heavy atom. The van der Waals surface area contributed by atoms with E-state index in [1.165, 1.54) is 65.7 Å². The number of hydrogen-bond donors (Lipinski definition) is 0. The van der Waals surface area contributed by atoms with Gasteiger partial charge in [-0.05, 0) is 129 Å². The molecule has 0 saturated heterocycles. The zero-order valence-corrected chi connectivity index (χ0v) is 44.0. The third-order valence-electron chi connectivity index (χ3n) is 12.3. The molecule has 0 atom stereocenters. The predicted molar refractivity (Wildman–Crippen MR) is 291 cm³/mol. The molecule has 0 radical (unpaired) electrons. The molecular formula is C62H60O6P2. The first-order chi connectivity index (χ1) is 33.4. The van der Waals surface area contributed by atoms with Crippen LogP contribution in [0.3, 0.4) is 0 Å². The summed E-state index contributed by atoms with van der Waals surface area (Å²) in [5.41, 5.74) is 11.2. The highest BCUT2D eigenvalue weighted by Gasteiger charge is 2.46. The van der Waals surface area contributed by atoms with Crippen molar-refractivity contribution in [3.63, 3.8) is 0 Å². The second-order valence-corrected chi connectivity index (χ2v) is 24.3. The lowest BCUT2D eigenvalue weighted by molar-refractivity contribution is -0.0448. The maximum atomic E-state index is 7.26. The van der Waals surface area contributed by atoms with Gasteiger partial charge in [-0.3, -0.25) is 0 Å². The van der Waals surface area contributed by atoms with Gasteiger partial charge in [-0.2, -0.15) is 0 Å². The van der Waals surface area contributed by atoms with Crippen LogP contribution in [0, 0.1) is 55.4 Å². The molecule has 2 aliphatic heterocycles. The standard InChI is InChI=1S/C62H60O6P2/c1-37-23-38(2)28-47(27-37)69(48-29-39(3)24-40(4)30-48)53-35-51(63-45-19-15-13-16-20-45)57-59(67-61(9,10)65-57)55(53)56-54(36-52(64-46-21-17-14-18-22-46)58-60(56)68-62(11,12)66-58)70(49-31-41(5)25-42(6)32-49)50-33-43(7)26-44(8)34-50/h13-36H,1-12H3. The average Bonchev–Trinajstić information content (AvgIpc) is 3.78. The average molecular weight is 963 g/mol. The second-order valence-electron chi connectivity index (χ2n) is 19.9. The molecule has 8 aromatic carbocycles. The topological polar surface area (TPSA) is 55.4 Å². The third kappa shape index (κ3) is 9.53. The van der Waals surface area contributed by atoms with E-state index in [4.69, 9.17) is 28.4 Å². The Balaban J connectivity index is 1.42. The van der Waals surface area contributed by atoms with Gasteiger partial charge in [0.2, 0.25) is 23.1 Å². The van der Waals surface area contributed by atoms with Gasteiger partial charge in [0.1, 0.15) is 11.5 Å². The number of aryl methyl sites for hydroxylation is 8. The van der Waals surface area contributed by atoms with Gasteiger partial charge in [-0.15, -0.1) is 0 Å². The first-order valence-corrected chi connectivity index (χ1v) is 26.6. The lowest BCUT2D eigenvalue weighted by atomic mass is 10.0. The number of hydrogen-bond acceptors (Lipinski definition) is 6. The van der Waals surface area contributed by atoms with Gasteiger partial charge in [-0.25, -0.2) is 0 Å². The molecule has 8 heteroatoms. The van der Waals surface area contributed by atoms with Crippen molar-refractivity contribution in [2.24, 2.45) is 0 Å². The normalized spacial score (nSPS) is 14.1. The van der Waals surface area contributed by atoms with E-state index in [0.29, 0.717) is 46.0 Å². The van der Waals surface area contributed by atoms with E-state index in [9.17, 15) is 0 Å². The molecule has 0 aliphatic carbocycles. The van der Waals surface area contributed by atoms with E-state index < -0.39 is 27.4 Å². The van der Waals surface area contributed by atoms with E-state index in [2.05, 4.69) is 140 Å². The Morgan fingerprint density at radius 1 is 0.329 bits per heavy atom. The summed E-state index contributed by atoms with van der Waals surface area (Å²) in [6, 6.07) is 52.0. The maximum Gasteiger partial charge on any atom is 0.246 e. The van der Waals surface area contributed by atoms with Gasteiger partial charge in [0.15, 0.2) is 23.0 Å². The van der Waals surface area contributed by atoms with Gasteiger partial charge in [0.05, 0.1) is 0 Å². The summed E-state index contributed by atoms with van der Waals surface area (Å²) in [5.74, 6) is 2.60. The molecule has 0 N–H and O–H groups in total. The zero-order chi connectivity index (χ0) is 49.2. The molecule has 0 aromatic heterocycles. The van der Waals surface area contributed by atoms with Crippen LogP contribution < -0.4 is 60.2 Å². The fraction of sp³-hybridized carbons (Fsp3) is 0.226. The van der Waals surface area contributed by atoms with Crippen LogP contribution in [0.15, 0.2) is 146 Å². The number of ether oxygens (including phenoxy) is 6. The summed E-state index contributed by atoms with van der Waals surface area (Å²) >= 11 is 0. The van der Waals surface area contributed by atoms with E-state index in [1.54, 1.807) is 0 Å². The van der Waals surface area contributed by atoms with Crippen LogP contribution in [0.5, 0.6) is 46.0 Å². The van der Waals surface area contributed by atoms with E-state index in [1.807, 2.05) is 88.4 Å². The van der Waals surface area contributed by atoms with Gasteiger partial charge in [0.25, 0.3) is 0 Å². The minimum absolute atomic E-state index is 0.521. The monoisotopic (exact) mass is 962 g/mol. The van der Waals surface area contributed by atoms with Crippen molar-refractivity contribution >= 4 is 47.7 Å². The van der Waals surface area contributed by atoms with Crippen LogP contribution in [0.4, 0.5) is 0 Å². The van der Waals surface area contributed by atoms with Gasteiger partial charge < -0.3 is 28.4 Å². The molecule has 70 heavy (non-hydrogen) atoms. The van der Waals surface area contributed by atoms with Gasteiger partial charge >= 0.3 is 0 Å². The molecule has 0 amide bonds. The molecule has 2 aliphatic rings. The third-order valence-corrected chi connectivity index (χ3v) is 17.1. The molecular weight excluding hydrogens is 903 g/mol. The second kappa shape index (κ2) is 18.3. The lowest BCUT2D eigenvalue weighted by Crippen LogP contribution is -2.31. The molecule has 354 valence electrons. The molecule has 0 fully saturated rings. The van der Waals surface area contributed by atoms with Crippen molar-refractivity contribution in [1.29, 1.82) is 0 Å². The molecule has 8 aromatic rings. The first kappa shape index (κ1) is 47.1. The fourth-order valence-corrected chi connectivity index (χ4v) is 15.7. The molecule has 0 saturated carbocycles. The Bertz CT molecular complexity index is 2920. The molecule has 0 spiro atoms. The molecule has 2 heterocycles. The fourth-order valence-electron chi connectivity index (χ4n) is 10.0. The number of para-hydroxylation sites is 2. The quantitative estimate of drug-likeness (QED) is 0.120. The number of benzene rings is 8. The lowest BCUT2D eigenvalue weighted by Gasteiger charge is -2.30. The smallest absolute Gasteiger partial charge is 0.246 e. The summed E-state index contributed by atoms with van der Waals surface area (Å²) < 4.78 is 42.4. The highest BCUT2D eigenvalue weighted by molar-refractivity contribution is 7.80. The van der Waals surface area contributed by atoms with Crippen molar-refractivity contribution in [2.45, 2.75) is 94.7 Å². The van der Waals surface area contributed by atoms with Crippen LogP contribution in [0.1, 0.15) is 72.2 Å². The van der Waals surface area contributed by atoms with Gasteiger partial charge in [-0.1, -0.05) is 154 Å². The summed E-state index contributed by atoms with van der Waals surface area (Å²) in [5, 5.41) is 6.86. The van der Waals surface area contributed by atoms with Crippen molar-refractivity contribution < 1.29 is 28.4 Å². The van der Waals surface area contributed by atoms with Crippen molar-refractivity contribution in [2.75, 3.05) is 0 Å². The van der Waals surface area contributed by atoms with Crippen LogP contribution >= 0.6 is 15.8 Å². The largest absolute Gasteiger partial charge is 0.453 e. The van der Waals surface area contributed by atoms with Crippen molar-refractivity contribution in [3.8, 4) is 57.1 Å². The van der Waals surface area contributed by atoms with Gasteiger partial charge in [0, 0.05) is 49.4 Å². The minimum Gasteiger partial charge on any atom is -0.453 e. The Kier molecular flexibility index (Phi) is 12.3. The van der Waals surface area contributed by atoms with Crippen LogP contribution in [-0.4, -0.2) is 11.6 Å². The zero-order valence-electron chi connectivity index (χ0n) is 42.2. The highest BCUT2D eigenvalue weighted by atomic mass is 31.1. The van der Waals surface area contributed by atoms with Crippen molar-refractivity contribution in [3.05, 3.63) is 190 Å². The van der Waals surface area contributed by atoms with E-state index >= 15 is 0 Å². The van der Waals surface area contributed by atoms with Crippen LogP contribution in [0.2, 0.25) is 0 Å². The Labute approximate surface area is 416 Å². The summed E-state index contributed by atoms with van der Waals surface area (Å²) in [6.45, 7) is 25.3. The molecule has 0 unspecified atom stereocenters. The molecule has 0 bridgehead atoms. The SMILES string of the molecule is Cc1cc(C)cc(P(c2cc(C)cc(C)c2)c2cc(Oc3ccccc3)c3c(c2-c2c(P(c4cc(C)cc(C)c4)c4cc(C)cc(C)c4)cc(Oc4ccccc4)c4c2OC(C)(C)O4)OC(C)(C)O3)c1. The minimum atomic E-state index is -1.36.